The zero-order valence-corrected chi connectivity index (χ0v) is 16.1. The van der Waals surface area contributed by atoms with Crippen LogP contribution in [0.2, 0.25) is 0 Å². The van der Waals surface area contributed by atoms with Crippen LogP contribution < -0.4 is 15.8 Å². The third-order valence-corrected chi connectivity index (χ3v) is 4.28. The van der Waals surface area contributed by atoms with Gasteiger partial charge in [0.1, 0.15) is 30.3 Å². The summed E-state index contributed by atoms with van der Waals surface area (Å²) in [5.74, 6) is 1.79. The van der Waals surface area contributed by atoms with E-state index in [1.54, 1.807) is 6.07 Å². The van der Waals surface area contributed by atoms with E-state index in [1.165, 1.54) is 0 Å². The highest BCUT2D eigenvalue weighted by atomic mass is 16.5. The van der Waals surface area contributed by atoms with Crippen molar-refractivity contribution in [3.05, 3.63) is 24.0 Å². The largest absolute Gasteiger partial charge is 0.492 e. The summed E-state index contributed by atoms with van der Waals surface area (Å²) in [6, 6.07) is 5.58. The zero-order chi connectivity index (χ0) is 20.1. The van der Waals surface area contributed by atoms with Gasteiger partial charge in [-0.1, -0.05) is 6.92 Å². The van der Waals surface area contributed by atoms with Crippen molar-refractivity contribution in [2.75, 3.05) is 25.5 Å². The molecule has 150 valence electrons. The van der Waals surface area contributed by atoms with E-state index in [1.807, 2.05) is 19.1 Å². The Hall–Kier alpha value is -3.07. The first-order valence-electron chi connectivity index (χ1n) is 9.30. The number of amides is 1. The van der Waals surface area contributed by atoms with E-state index in [4.69, 9.17) is 20.3 Å². The summed E-state index contributed by atoms with van der Waals surface area (Å²) in [5, 5.41) is 11.8. The van der Waals surface area contributed by atoms with Crippen LogP contribution in [0.1, 0.15) is 26.1 Å². The Labute approximate surface area is 162 Å². The molecule has 1 amide bonds. The average Bonchev–Trinajstić information content (AvgIpc) is 3.03. The minimum atomic E-state index is -1.08. The minimum Gasteiger partial charge on any atom is -0.492 e. The predicted molar refractivity (Wildman–Crippen MR) is 107 cm³/mol. The Balaban J connectivity index is 2.00. The fourth-order valence-corrected chi connectivity index (χ4v) is 3.12. The van der Waals surface area contributed by atoms with E-state index in [0.29, 0.717) is 35.8 Å². The number of imidazole rings is 1. The van der Waals surface area contributed by atoms with Crippen molar-refractivity contribution in [1.29, 1.82) is 0 Å². The van der Waals surface area contributed by atoms with Gasteiger partial charge in [-0.15, -0.1) is 0 Å². The number of nitrogens with zero attached hydrogens (tertiary/aromatic N) is 3. The van der Waals surface area contributed by atoms with Gasteiger partial charge in [0, 0.05) is 24.6 Å². The number of rotatable bonds is 9. The number of nitrogens with one attached hydrogen (secondary N) is 1. The van der Waals surface area contributed by atoms with Crippen LogP contribution in [0.15, 0.2) is 18.2 Å². The molecule has 3 rings (SSSR count). The van der Waals surface area contributed by atoms with Crippen molar-refractivity contribution in [3.8, 4) is 5.75 Å². The smallest absolute Gasteiger partial charge is 0.404 e. The third-order valence-electron chi connectivity index (χ3n) is 4.28. The quantitative estimate of drug-likeness (QED) is 0.482. The van der Waals surface area contributed by atoms with E-state index in [9.17, 15) is 4.79 Å². The maximum Gasteiger partial charge on any atom is 0.404 e. The molecule has 1 aromatic carbocycles. The highest BCUT2D eigenvalue weighted by molar-refractivity contribution is 6.06. The molecular formula is C19H25N5O4. The fraction of sp³-hybridized carbons (Fsp3) is 0.421. The van der Waals surface area contributed by atoms with Gasteiger partial charge < -0.3 is 30.2 Å². The van der Waals surface area contributed by atoms with Gasteiger partial charge in [0.05, 0.1) is 17.6 Å². The average molecular weight is 387 g/mol. The van der Waals surface area contributed by atoms with Gasteiger partial charge in [-0.3, -0.25) is 0 Å². The van der Waals surface area contributed by atoms with Crippen LogP contribution in [0.5, 0.6) is 5.75 Å². The van der Waals surface area contributed by atoms with Gasteiger partial charge >= 0.3 is 6.09 Å². The zero-order valence-electron chi connectivity index (χ0n) is 16.1. The third kappa shape index (κ3) is 4.09. The van der Waals surface area contributed by atoms with Gasteiger partial charge in [0.25, 0.3) is 0 Å². The van der Waals surface area contributed by atoms with Crippen molar-refractivity contribution >= 4 is 33.8 Å². The van der Waals surface area contributed by atoms with Crippen LogP contribution in [0.25, 0.3) is 21.9 Å². The lowest BCUT2D eigenvalue weighted by Crippen LogP contribution is -2.26. The number of fused-ring (bicyclic) bond motifs is 3. The van der Waals surface area contributed by atoms with Gasteiger partial charge in [-0.2, -0.15) is 0 Å². The number of carbonyl (C=O) groups is 1. The number of aryl methyl sites for hydroxylation is 1. The normalized spacial score (nSPS) is 11.2. The molecule has 4 N–H and O–H groups in total. The highest BCUT2D eigenvalue weighted by Crippen LogP contribution is 2.31. The molecule has 0 bridgehead atoms. The Morgan fingerprint density at radius 3 is 2.86 bits per heavy atom. The number of pyridine rings is 1. The maximum atomic E-state index is 10.5. The first kappa shape index (κ1) is 19.7. The monoisotopic (exact) mass is 387 g/mol. The van der Waals surface area contributed by atoms with Gasteiger partial charge in [-0.05, 0) is 25.5 Å². The number of nitrogens with two attached hydrogens (primary N) is 1. The molecule has 0 saturated heterocycles. The molecule has 0 unspecified atom stereocenters. The minimum absolute atomic E-state index is 0.200. The lowest BCUT2D eigenvalue weighted by Gasteiger charge is -2.11. The summed E-state index contributed by atoms with van der Waals surface area (Å²) in [5.41, 5.74) is 8.51. The van der Waals surface area contributed by atoms with E-state index in [2.05, 4.69) is 26.8 Å². The van der Waals surface area contributed by atoms with Gasteiger partial charge in [-0.25, -0.2) is 14.8 Å². The van der Waals surface area contributed by atoms with E-state index < -0.39 is 6.09 Å². The van der Waals surface area contributed by atoms with Crippen LogP contribution >= 0.6 is 0 Å². The molecule has 3 aromatic rings. The summed E-state index contributed by atoms with van der Waals surface area (Å²) in [4.78, 5) is 19.7. The molecule has 2 heterocycles. The van der Waals surface area contributed by atoms with Crippen LogP contribution in [0.3, 0.4) is 0 Å². The fourth-order valence-electron chi connectivity index (χ4n) is 3.12. The number of nitrogen functional groups attached to an aromatic ring is 1. The summed E-state index contributed by atoms with van der Waals surface area (Å²) < 4.78 is 13.3. The van der Waals surface area contributed by atoms with Crippen LogP contribution in [0, 0.1) is 0 Å². The first-order valence-corrected chi connectivity index (χ1v) is 9.30. The Morgan fingerprint density at radius 1 is 1.32 bits per heavy atom. The molecule has 0 radical (unpaired) electrons. The number of benzene rings is 1. The molecule has 0 saturated carbocycles. The van der Waals surface area contributed by atoms with E-state index in [0.717, 1.165) is 29.7 Å². The molecular weight excluding hydrogens is 362 g/mol. The maximum absolute atomic E-state index is 10.5. The Kier molecular flexibility index (Phi) is 6.15. The summed E-state index contributed by atoms with van der Waals surface area (Å²) in [6.45, 7) is 6.32. The SMILES string of the molecule is CCCn1c(COCC)nc2c(N)nc3cc(OCCNC(=O)O)ccc3c21. The topological polar surface area (TPSA) is 125 Å². The molecule has 2 aromatic heterocycles. The lowest BCUT2D eigenvalue weighted by atomic mass is 10.1. The number of aromatic nitrogens is 3. The summed E-state index contributed by atoms with van der Waals surface area (Å²) >= 11 is 0. The van der Waals surface area contributed by atoms with Crippen LogP contribution in [0.4, 0.5) is 10.6 Å². The first-order chi connectivity index (χ1) is 13.5. The van der Waals surface area contributed by atoms with Crippen LogP contribution in [-0.2, 0) is 17.9 Å². The number of anilines is 1. The summed E-state index contributed by atoms with van der Waals surface area (Å²) in [7, 11) is 0. The lowest BCUT2D eigenvalue weighted by molar-refractivity contribution is 0.126. The molecule has 0 atom stereocenters. The second kappa shape index (κ2) is 8.75. The summed E-state index contributed by atoms with van der Waals surface area (Å²) in [6.07, 6.45) is -0.127. The number of hydrogen-bond donors (Lipinski definition) is 3. The predicted octanol–water partition coefficient (Wildman–Crippen LogP) is 2.76. The number of hydrogen-bond acceptors (Lipinski definition) is 6. The second-order valence-electron chi connectivity index (χ2n) is 6.27. The molecule has 28 heavy (non-hydrogen) atoms. The van der Waals surface area contributed by atoms with E-state index in [-0.39, 0.29) is 13.2 Å². The Morgan fingerprint density at radius 2 is 2.14 bits per heavy atom. The van der Waals surface area contributed by atoms with Crippen molar-refractivity contribution in [3.63, 3.8) is 0 Å². The van der Waals surface area contributed by atoms with Crippen molar-refractivity contribution < 1.29 is 19.4 Å². The molecule has 9 nitrogen and oxygen atoms in total. The molecule has 9 heteroatoms. The van der Waals surface area contributed by atoms with E-state index >= 15 is 0 Å². The van der Waals surface area contributed by atoms with Gasteiger partial charge in [0.15, 0.2) is 5.82 Å². The van der Waals surface area contributed by atoms with Crippen molar-refractivity contribution in [2.24, 2.45) is 0 Å². The molecule has 0 aliphatic heterocycles. The van der Waals surface area contributed by atoms with Crippen molar-refractivity contribution in [1.82, 2.24) is 19.9 Å². The molecule has 0 fully saturated rings. The van der Waals surface area contributed by atoms with Crippen LogP contribution in [-0.4, -0.2) is 45.5 Å². The number of carboxylic acid groups (broad SMARTS) is 1. The van der Waals surface area contributed by atoms with Crippen molar-refractivity contribution in [2.45, 2.75) is 33.4 Å². The molecule has 0 aliphatic carbocycles. The second-order valence-corrected chi connectivity index (χ2v) is 6.27. The highest BCUT2D eigenvalue weighted by Gasteiger charge is 2.17. The molecule has 0 aliphatic rings. The molecule has 0 spiro atoms. The number of ether oxygens (including phenoxy) is 2. The Bertz CT molecular complexity index is 986. The van der Waals surface area contributed by atoms with Gasteiger partial charge in [0.2, 0.25) is 0 Å². The standard InChI is InChI=1S/C19H25N5O4/c1-3-8-24-15(11-27-4-2)23-16-17(24)13-6-5-12(10-14(13)22-18(16)20)28-9-7-21-19(25)26/h5-6,10,21H,3-4,7-9,11H2,1-2H3,(H2,20,22)(H,25,26).